The predicted molar refractivity (Wildman–Crippen MR) is 342 cm³/mol. The Bertz CT molecular complexity index is 4390. The Morgan fingerprint density at radius 1 is 0.202 bits per heavy atom. The Kier molecular flexibility index (Phi) is 11.6. The molecule has 0 amide bonds. The molecule has 0 saturated carbocycles. The van der Waals surface area contributed by atoms with E-state index in [0.29, 0.717) is 0 Å². The van der Waals surface area contributed by atoms with Crippen LogP contribution in [0.3, 0.4) is 0 Å². The molecule has 0 spiro atoms. The molecule has 3 heterocycles. The van der Waals surface area contributed by atoms with Crippen molar-refractivity contribution in [1.82, 2.24) is 19.9 Å². The van der Waals surface area contributed by atoms with Crippen LogP contribution in [-0.4, -0.2) is 19.9 Å². The lowest BCUT2D eigenvalue weighted by Crippen LogP contribution is -2.28. The van der Waals surface area contributed by atoms with Gasteiger partial charge in [0.1, 0.15) is 0 Å². The van der Waals surface area contributed by atoms with Gasteiger partial charge in [-0.1, -0.05) is 255 Å². The molecule has 16 rings (SSSR count). The van der Waals surface area contributed by atoms with Crippen molar-refractivity contribution in [3.8, 4) is 89.3 Å². The highest BCUT2D eigenvalue weighted by Gasteiger charge is 2.48. The molecule has 11 aromatic carbocycles. The molecule has 0 N–H and O–H groups in total. The standard InChI is InChI=1S/C80H52N4/c1-5-17-61(18-6-1)79(62-19-7-2-8-20-62)71-27-15-13-25-67(71)69-39-37-59(51-73(69)79)65-41-42-66(60-38-40-70-68-26-14-16-28-72(68)80(74(70)52-60,63-21-9-3-10-22-63)64-23-11-4-12-24-64)78-77(65)83-75(57-33-29-53(30-34-57)55-43-47-81-48-44-55)76(84-78)58-35-31-54(32-36-58)56-45-49-82-50-46-56/h1-52H. The summed E-state index contributed by atoms with van der Waals surface area (Å²) in [6.45, 7) is 0. The lowest BCUT2D eigenvalue weighted by Gasteiger charge is -2.34. The Balaban J connectivity index is 0.977. The molecule has 0 saturated heterocycles. The zero-order valence-corrected chi connectivity index (χ0v) is 45.8. The molecule has 392 valence electrons. The number of rotatable bonds is 10. The second kappa shape index (κ2) is 19.9. The maximum Gasteiger partial charge on any atom is 0.0979 e. The second-order valence-electron chi connectivity index (χ2n) is 22.0. The second-order valence-corrected chi connectivity index (χ2v) is 22.0. The highest BCUT2D eigenvalue weighted by Crippen LogP contribution is 2.59. The van der Waals surface area contributed by atoms with E-state index in [4.69, 9.17) is 9.97 Å². The van der Waals surface area contributed by atoms with Gasteiger partial charge in [-0.2, -0.15) is 0 Å². The summed E-state index contributed by atoms with van der Waals surface area (Å²) in [5, 5.41) is 0. The lowest BCUT2D eigenvalue weighted by molar-refractivity contribution is 0.769. The zero-order valence-electron chi connectivity index (χ0n) is 45.8. The lowest BCUT2D eigenvalue weighted by atomic mass is 9.67. The Morgan fingerprint density at radius 2 is 0.476 bits per heavy atom. The van der Waals surface area contributed by atoms with Crippen LogP contribution >= 0.6 is 0 Å². The van der Waals surface area contributed by atoms with Gasteiger partial charge in [0, 0.05) is 47.0 Å². The van der Waals surface area contributed by atoms with Gasteiger partial charge in [-0.3, -0.25) is 9.97 Å². The van der Waals surface area contributed by atoms with Gasteiger partial charge in [0.25, 0.3) is 0 Å². The minimum absolute atomic E-state index is 0.588. The van der Waals surface area contributed by atoms with Crippen LogP contribution in [0.5, 0.6) is 0 Å². The van der Waals surface area contributed by atoms with Gasteiger partial charge in [0.2, 0.25) is 0 Å². The summed E-state index contributed by atoms with van der Waals surface area (Å²) in [6.07, 6.45) is 7.37. The molecular weight excluding hydrogens is 1020 g/mol. The molecule has 4 nitrogen and oxygen atoms in total. The summed E-state index contributed by atoms with van der Waals surface area (Å²) in [7, 11) is 0. The van der Waals surface area contributed by atoms with E-state index in [1.165, 1.54) is 66.8 Å². The van der Waals surface area contributed by atoms with E-state index in [1.807, 2.05) is 24.8 Å². The SMILES string of the molecule is c1ccc(C2(c3ccccc3)c3ccccc3-c3ccc(-c4ccc(-c5ccc6c(c5)C(c5ccccc5)(c5ccccc5)c5ccccc5-6)c5nc(-c6ccc(-c7ccncc7)cc6)c(-c6ccc(-c7ccncc7)cc6)nc45)cc32)cc1. The van der Waals surface area contributed by atoms with Gasteiger partial charge < -0.3 is 0 Å². The van der Waals surface area contributed by atoms with E-state index in [-0.39, 0.29) is 0 Å². The number of hydrogen-bond donors (Lipinski definition) is 0. The van der Waals surface area contributed by atoms with Crippen LogP contribution in [0, 0.1) is 0 Å². The van der Waals surface area contributed by atoms with Gasteiger partial charge >= 0.3 is 0 Å². The molecule has 84 heavy (non-hydrogen) atoms. The molecule has 3 aromatic heterocycles. The fraction of sp³-hybridized carbons (Fsp3) is 0.0250. The molecule has 14 aromatic rings. The average Bonchev–Trinajstić information content (AvgIpc) is 1.79. The van der Waals surface area contributed by atoms with Gasteiger partial charge in [-0.05, 0) is 137 Å². The number of benzene rings is 11. The van der Waals surface area contributed by atoms with E-state index >= 15 is 0 Å². The van der Waals surface area contributed by atoms with Crippen LogP contribution in [-0.2, 0) is 10.8 Å². The predicted octanol–water partition coefficient (Wildman–Crippen LogP) is 19.1. The number of hydrogen-bond acceptors (Lipinski definition) is 4. The Labute approximate surface area is 488 Å². The van der Waals surface area contributed by atoms with Crippen LogP contribution in [0.25, 0.3) is 100 Å². The summed E-state index contributed by atoms with van der Waals surface area (Å²) >= 11 is 0. The minimum atomic E-state index is -0.588. The molecule has 0 aliphatic heterocycles. The maximum atomic E-state index is 6.00. The van der Waals surface area contributed by atoms with Crippen LogP contribution in [0.4, 0.5) is 0 Å². The summed E-state index contributed by atoms with van der Waals surface area (Å²) in [5.74, 6) is 0. The summed E-state index contributed by atoms with van der Waals surface area (Å²) in [4.78, 5) is 20.6. The molecule has 4 heteroatoms. The monoisotopic (exact) mass is 1070 g/mol. The van der Waals surface area contributed by atoms with Gasteiger partial charge in [0.05, 0.1) is 33.3 Å². The van der Waals surface area contributed by atoms with Crippen molar-refractivity contribution < 1.29 is 0 Å². The van der Waals surface area contributed by atoms with Crippen LogP contribution in [0.1, 0.15) is 44.5 Å². The first-order valence-electron chi connectivity index (χ1n) is 28.7. The van der Waals surface area contributed by atoms with E-state index in [1.54, 1.807) is 0 Å². The third-order valence-corrected chi connectivity index (χ3v) is 17.7. The quantitative estimate of drug-likeness (QED) is 0.137. The largest absolute Gasteiger partial charge is 0.265 e. The van der Waals surface area contributed by atoms with E-state index in [0.717, 1.165) is 78.1 Å². The maximum absolute atomic E-state index is 6.00. The molecule has 0 radical (unpaired) electrons. The molecule has 2 aliphatic carbocycles. The third-order valence-electron chi connectivity index (χ3n) is 17.7. The Morgan fingerprint density at radius 3 is 0.833 bits per heavy atom. The highest BCUT2D eigenvalue weighted by molar-refractivity contribution is 6.04. The summed E-state index contributed by atoms with van der Waals surface area (Å²) in [6, 6.07) is 107. The fourth-order valence-electron chi connectivity index (χ4n) is 14.0. The topological polar surface area (TPSA) is 51.6 Å². The number of fused-ring (bicyclic) bond motifs is 7. The molecule has 0 atom stereocenters. The van der Waals surface area contributed by atoms with Crippen molar-refractivity contribution in [2.75, 3.05) is 0 Å². The normalized spacial score (nSPS) is 13.2. The third kappa shape index (κ3) is 7.61. The molecule has 0 bridgehead atoms. The first kappa shape index (κ1) is 48.9. The van der Waals surface area contributed by atoms with Crippen LogP contribution in [0.2, 0.25) is 0 Å². The smallest absolute Gasteiger partial charge is 0.0979 e. The van der Waals surface area contributed by atoms with Gasteiger partial charge in [-0.25, -0.2) is 9.97 Å². The molecule has 2 aliphatic rings. The average molecular weight is 1070 g/mol. The first-order chi connectivity index (χ1) is 41.7. The van der Waals surface area contributed by atoms with Crippen molar-refractivity contribution in [2.24, 2.45) is 0 Å². The summed E-state index contributed by atoms with van der Waals surface area (Å²) < 4.78 is 0. The van der Waals surface area contributed by atoms with Crippen LogP contribution in [0.15, 0.2) is 316 Å². The van der Waals surface area contributed by atoms with Crippen molar-refractivity contribution in [3.63, 3.8) is 0 Å². The molecule has 0 fully saturated rings. The van der Waals surface area contributed by atoms with Crippen molar-refractivity contribution in [2.45, 2.75) is 10.8 Å². The zero-order chi connectivity index (χ0) is 55.6. The fourth-order valence-corrected chi connectivity index (χ4v) is 14.0. The molecule has 0 unspecified atom stereocenters. The highest BCUT2D eigenvalue weighted by atomic mass is 14.8. The van der Waals surface area contributed by atoms with Gasteiger partial charge in [-0.15, -0.1) is 0 Å². The number of pyridine rings is 2. The van der Waals surface area contributed by atoms with E-state index < -0.39 is 10.8 Å². The van der Waals surface area contributed by atoms with Gasteiger partial charge in [0.15, 0.2) is 0 Å². The Hall–Kier alpha value is -10.9. The number of nitrogens with zero attached hydrogens (tertiary/aromatic N) is 4. The number of aromatic nitrogens is 4. The minimum Gasteiger partial charge on any atom is -0.265 e. The molecular formula is C80H52N4. The van der Waals surface area contributed by atoms with Crippen molar-refractivity contribution >= 4 is 11.0 Å². The van der Waals surface area contributed by atoms with Crippen LogP contribution < -0.4 is 0 Å². The van der Waals surface area contributed by atoms with Crippen molar-refractivity contribution in [3.05, 3.63) is 360 Å². The van der Waals surface area contributed by atoms with E-state index in [9.17, 15) is 0 Å². The first-order valence-corrected chi connectivity index (χ1v) is 28.7. The van der Waals surface area contributed by atoms with E-state index in [2.05, 4.69) is 301 Å². The van der Waals surface area contributed by atoms with Crippen molar-refractivity contribution in [1.29, 1.82) is 0 Å². The summed E-state index contributed by atoms with van der Waals surface area (Å²) in [5.41, 5.74) is 27.3.